The van der Waals surface area contributed by atoms with Crippen LogP contribution < -0.4 is 5.32 Å². The van der Waals surface area contributed by atoms with Gasteiger partial charge in [0, 0.05) is 12.1 Å². The van der Waals surface area contributed by atoms with Crippen LogP contribution in [-0.2, 0) is 4.74 Å². The van der Waals surface area contributed by atoms with E-state index in [1.807, 2.05) is 0 Å². The Balaban J connectivity index is 2.12. The fraction of sp³-hybridized carbons (Fsp3) is 0.308. The second kappa shape index (κ2) is 5.94. The third-order valence-electron chi connectivity index (χ3n) is 2.84. The van der Waals surface area contributed by atoms with E-state index >= 15 is 0 Å². The maximum Gasteiger partial charge on any atom is 0.572 e. The molecular weight excluding hydrogens is 287 g/mol. The Labute approximate surface area is 118 Å². The van der Waals surface area contributed by atoms with Gasteiger partial charge in [0.25, 0.3) is 0 Å². The minimum atomic E-state index is -4.68. The van der Waals surface area contributed by atoms with Gasteiger partial charge < -0.3 is 10.1 Å². The van der Waals surface area contributed by atoms with Crippen molar-refractivity contribution >= 4 is 12.1 Å². The molecule has 1 aromatic heterocycles. The first-order chi connectivity index (χ1) is 9.89. The standard InChI is InChI=1S/C13H12F3N3O2/c1-8-11(6-20)12(18-7-17-8)19-9-2-4-10(5-3-9)21-13(14,15)16/h2,4,6-7H,3,5H2,1H3,(H,17,18,19). The molecule has 21 heavy (non-hydrogen) atoms. The van der Waals surface area contributed by atoms with E-state index in [2.05, 4.69) is 20.0 Å². The summed E-state index contributed by atoms with van der Waals surface area (Å²) in [6.45, 7) is 1.67. The average molecular weight is 299 g/mol. The summed E-state index contributed by atoms with van der Waals surface area (Å²) >= 11 is 0. The van der Waals surface area contributed by atoms with Crippen molar-refractivity contribution < 1.29 is 22.7 Å². The van der Waals surface area contributed by atoms with Gasteiger partial charge in [0.05, 0.1) is 11.3 Å². The summed E-state index contributed by atoms with van der Waals surface area (Å²) in [7, 11) is 0. The Morgan fingerprint density at radius 3 is 2.62 bits per heavy atom. The predicted molar refractivity (Wildman–Crippen MR) is 68.3 cm³/mol. The summed E-state index contributed by atoms with van der Waals surface area (Å²) in [6, 6.07) is 0. The molecule has 0 aliphatic heterocycles. The number of aromatic nitrogens is 2. The van der Waals surface area contributed by atoms with Crippen molar-refractivity contribution in [1.29, 1.82) is 0 Å². The largest absolute Gasteiger partial charge is 0.572 e. The lowest BCUT2D eigenvalue weighted by molar-refractivity contribution is -0.306. The van der Waals surface area contributed by atoms with Gasteiger partial charge in [-0.3, -0.25) is 4.79 Å². The van der Waals surface area contributed by atoms with Gasteiger partial charge in [0.15, 0.2) is 6.29 Å². The Morgan fingerprint density at radius 2 is 2.05 bits per heavy atom. The van der Waals surface area contributed by atoms with Gasteiger partial charge >= 0.3 is 6.36 Å². The first kappa shape index (κ1) is 15.0. The molecule has 8 heteroatoms. The molecule has 112 valence electrons. The number of rotatable bonds is 4. The third kappa shape index (κ3) is 4.04. The zero-order valence-corrected chi connectivity index (χ0v) is 11.1. The fourth-order valence-corrected chi connectivity index (χ4v) is 1.83. The van der Waals surface area contributed by atoms with Crippen molar-refractivity contribution in [3.05, 3.63) is 41.2 Å². The van der Waals surface area contributed by atoms with Crippen LogP contribution in [0.15, 0.2) is 29.9 Å². The number of halogens is 3. The molecule has 0 aromatic carbocycles. The average Bonchev–Trinajstić information content (AvgIpc) is 2.40. The molecule has 0 amide bonds. The molecule has 5 nitrogen and oxygen atoms in total. The summed E-state index contributed by atoms with van der Waals surface area (Å²) < 4.78 is 40.1. The number of ether oxygens (including phenoxy) is 1. The highest BCUT2D eigenvalue weighted by Gasteiger charge is 2.32. The van der Waals surface area contributed by atoms with Gasteiger partial charge in [-0.2, -0.15) is 0 Å². The van der Waals surface area contributed by atoms with E-state index in [0.29, 0.717) is 35.5 Å². The van der Waals surface area contributed by atoms with Gasteiger partial charge in [-0.1, -0.05) is 0 Å². The lowest BCUT2D eigenvalue weighted by Crippen LogP contribution is -2.15. The summed E-state index contributed by atoms with van der Waals surface area (Å²) in [5, 5.41) is 2.92. The zero-order valence-electron chi connectivity index (χ0n) is 11.1. The number of anilines is 1. The van der Waals surface area contributed by atoms with E-state index in [1.54, 1.807) is 6.92 Å². The molecule has 2 rings (SSSR count). The Morgan fingerprint density at radius 1 is 1.29 bits per heavy atom. The Kier molecular flexibility index (Phi) is 4.25. The smallest absolute Gasteiger partial charge is 0.410 e. The van der Waals surface area contributed by atoms with Crippen molar-refractivity contribution in [2.45, 2.75) is 26.1 Å². The first-order valence-electron chi connectivity index (χ1n) is 6.08. The van der Waals surface area contributed by atoms with E-state index in [0.717, 1.165) is 0 Å². The number of allylic oxidation sites excluding steroid dienone is 4. The first-order valence-corrected chi connectivity index (χ1v) is 6.08. The maximum atomic E-state index is 12.1. The second-order valence-electron chi connectivity index (χ2n) is 4.34. The van der Waals surface area contributed by atoms with Crippen LogP contribution in [0.5, 0.6) is 0 Å². The monoisotopic (exact) mass is 299 g/mol. The highest BCUT2D eigenvalue weighted by atomic mass is 19.4. The fourth-order valence-electron chi connectivity index (χ4n) is 1.83. The topological polar surface area (TPSA) is 64.1 Å². The molecule has 1 aromatic rings. The van der Waals surface area contributed by atoms with E-state index in [4.69, 9.17) is 0 Å². The van der Waals surface area contributed by atoms with Gasteiger partial charge in [-0.15, -0.1) is 13.2 Å². The van der Waals surface area contributed by atoms with Gasteiger partial charge in [0.2, 0.25) is 0 Å². The zero-order chi connectivity index (χ0) is 15.5. The van der Waals surface area contributed by atoms with Crippen molar-refractivity contribution in [1.82, 2.24) is 9.97 Å². The lowest BCUT2D eigenvalue weighted by atomic mass is 10.1. The third-order valence-corrected chi connectivity index (χ3v) is 2.84. The molecule has 0 bridgehead atoms. The van der Waals surface area contributed by atoms with Crippen LogP contribution in [0, 0.1) is 6.92 Å². The van der Waals surface area contributed by atoms with Gasteiger partial charge in [0.1, 0.15) is 17.9 Å². The van der Waals surface area contributed by atoms with Crippen molar-refractivity contribution in [2.24, 2.45) is 0 Å². The second-order valence-corrected chi connectivity index (χ2v) is 4.34. The molecule has 0 unspecified atom stereocenters. The van der Waals surface area contributed by atoms with Crippen LogP contribution in [0.3, 0.4) is 0 Å². The van der Waals surface area contributed by atoms with Crippen LogP contribution in [0.2, 0.25) is 0 Å². The van der Waals surface area contributed by atoms with E-state index in [9.17, 15) is 18.0 Å². The number of nitrogens with one attached hydrogen (secondary N) is 1. The number of aryl methyl sites for hydroxylation is 1. The molecular formula is C13H12F3N3O2. The molecule has 1 heterocycles. The van der Waals surface area contributed by atoms with Crippen molar-refractivity contribution in [3.63, 3.8) is 0 Å². The Hall–Kier alpha value is -2.38. The number of nitrogens with zero attached hydrogens (tertiary/aromatic N) is 2. The van der Waals surface area contributed by atoms with Crippen molar-refractivity contribution in [2.75, 3.05) is 5.32 Å². The minimum absolute atomic E-state index is 0.110. The van der Waals surface area contributed by atoms with Gasteiger partial charge in [-0.25, -0.2) is 9.97 Å². The normalized spacial score (nSPS) is 15.0. The number of hydrogen-bond donors (Lipinski definition) is 1. The number of carbonyl (C=O) groups is 1. The highest BCUT2D eigenvalue weighted by Crippen LogP contribution is 2.27. The molecule has 1 aliphatic carbocycles. The minimum Gasteiger partial charge on any atom is -0.410 e. The van der Waals surface area contributed by atoms with Crippen LogP contribution in [-0.4, -0.2) is 22.6 Å². The van der Waals surface area contributed by atoms with Crippen LogP contribution >= 0.6 is 0 Å². The summed E-state index contributed by atoms with van der Waals surface area (Å²) in [6.07, 6.45) is 0.406. The van der Waals surface area contributed by atoms with Crippen molar-refractivity contribution in [3.8, 4) is 0 Å². The number of aldehydes is 1. The SMILES string of the molecule is Cc1ncnc(NC2=CC=C(OC(F)(F)F)CC2)c1C=O. The maximum absolute atomic E-state index is 12.1. The summed E-state index contributed by atoms with van der Waals surface area (Å²) in [5.41, 5.74) is 1.49. The molecule has 0 saturated carbocycles. The number of carbonyl (C=O) groups excluding carboxylic acids is 1. The Bertz CT molecular complexity index is 609. The highest BCUT2D eigenvalue weighted by molar-refractivity contribution is 5.84. The van der Waals surface area contributed by atoms with E-state index in [-0.39, 0.29) is 12.2 Å². The van der Waals surface area contributed by atoms with E-state index in [1.165, 1.54) is 18.5 Å². The summed E-state index contributed by atoms with van der Waals surface area (Å²) in [4.78, 5) is 18.9. The van der Waals surface area contributed by atoms with Crippen LogP contribution in [0.1, 0.15) is 28.9 Å². The molecule has 0 saturated heterocycles. The lowest BCUT2D eigenvalue weighted by Gasteiger charge is -2.18. The van der Waals surface area contributed by atoms with Gasteiger partial charge in [-0.05, 0) is 25.5 Å². The quantitative estimate of drug-likeness (QED) is 0.865. The predicted octanol–water partition coefficient (Wildman–Crippen LogP) is 3.11. The molecule has 0 fully saturated rings. The molecule has 0 spiro atoms. The number of alkyl halides is 3. The molecule has 1 aliphatic rings. The molecule has 0 radical (unpaired) electrons. The van der Waals surface area contributed by atoms with Crippen LogP contribution in [0.25, 0.3) is 0 Å². The molecule has 1 N–H and O–H groups in total. The summed E-state index contributed by atoms with van der Waals surface area (Å²) in [5.74, 6) is 0.180. The number of hydrogen-bond acceptors (Lipinski definition) is 5. The molecule has 0 atom stereocenters. The van der Waals surface area contributed by atoms with E-state index < -0.39 is 6.36 Å². The van der Waals surface area contributed by atoms with Crippen LogP contribution in [0.4, 0.5) is 19.0 Å².